The van der Waals surface area contributed by atoms with Crippen molar-refractivity contribution in [3.8, 4) is 0 Å². The summed E-state index contributed by atoms with van der Waals surface area (Å²) in [7, 11) is 0. The Labute approximate surface area is 80.3 Å². The van der Waals surface area contributed by atoms with Crippen molar-refractivity contribution >= 4 is 22.9 Å². The average Bonchev–Trinajstić information content (AvgIpc) is 2.44. The van der Waals surface area contributed by atoms with E-state index in [1.54, 1.807) is 11.3 Å². The van der Waals surface area contributed by atoms with Crippen molar-refractivity contribution in [3.05, 3.63) is 20.8 Å². The zero-order valence-electron chi connectivity index (χ0n) is 6.55. The summed E-state index contributed by atoms with van der Waals surface area (Å²) in [5.41, 5.74) is 6.76. The number of fused-ring (bicyclic) bond motifs is 1. The smallest absolute Gasteiger partial charge is 0.0958 e. The lowest BCUT2D eigenvalue weighted by Gasteiger charge is -2.21. The maximum absolute atomic E-state index is 5.90. The third kappa shape index (κ3) is 1.38. The van der Waals surface area contributed by atoms with Gasteiger partial charge in [-0.3, -0.25) is 0 Å². The molecule has 1 aromatic heterocycles. The molecule has 0 saturated heterocycles. The molecule has 1 aliphatic heterocycles. The van der Waals surface area contributed by atoms with Gasteiger partial charge in [-0.25, -0.2) is 0 Å². The zero-order chi connectivity index (χ0) is 8.55. The Bertz CT molecular complexity index is 287. The first kappa shape index (κ1) is 8.51. The molecule has 2 nitrogen and oxygen atoms in total. The maximum Gasteiger partial charge on any atom is 0.0958 e. The Morgan fingerprint density at radius 3 is 3.33 bits per heavy atom. The quantitative estimate of drug-likeness (QED) is 0.758. The van der Waals surface area contributed by atoms with Gasteiger partial charge in [0, 0.05) is 17.8 Å². The van der Waals surface area contributed by atoms with Crippen LogP contribution >= 0.6 is 22.9 Å². The summed E-state index contributed by atoms with van der Waals surface area (Å²) in [6, 6.07) is 1.97. The fraction of sp³-hybridized carbons (Fsp3) is 0.500. The number of hydrogen-bond donors (Lipinski definition) is 1. The molecule has 0 amide bonds. The minimum Gasteiger partial charge on any atom is -0.372 e. The number of thiophene rings is 1. The van der Waals surface area contributed by atoms with Crippen LogP contribution in [0.15, 0.2) is 6.07 Å². The lowest BCUT2D eigenvalue weighted by molar-refractivity contribution is 0.0498. The molecule has 2 N–H and O–H groups in total. The van der Waals surface area contributed by atoms with Crippen LogP contribution < -0.4 is 5.73 Å². The highest BCUT2D eigenvalue weighted by Gasteiger charge is 2.21. The summed E-state index contributed by atoms with van der Waals surface area (Å²) in [4.78, 5) is 1.33. The number of rotatable bonds is 1. The van der Waals surface area contributed by atoms with Crippen LogP contribution in [0.4, 0.5) is 0 Å². The van der Waals surface area contributed by atoms with Crippen molar-refractivity contribution in [2.24, 2.45) is 5.73 Å². The van der Waals surface area contributed by atoms with E-state index in [1.165, 1.54) is 10.4 Å². The van der Waals surface area contributed by atoms with Crippen LogP contribution in [0.1, 0.15) is 16.5 Å². The lowest BCUT2D eigenvalue weighted by Crippen LogP contribution is -2.21. The van der Waals surface area contributed by atoms with E-state index in [0.29, 0.717) is 6.54 Å². The zero-order valence-corrected chi connectivity index (χ0v) is 8.12. The third-order valence-corrected chi connectivity index (χ3v) is 3.36. The minimum atomic E-state index is 0.0671. The van der Waals surface area contributed by atoms with Crippen LogP contribution in [-0.4, -0.2) is 13.2 Å². The second-order valence-corrected chi connectivity index (χ2v) is 4.54. The van der Waals surface area contributed by atoms with E-state index in [0.717, 1.165) is 17.4 Å². The molecule has 0 spiro atoms. The molecule has 1 aliphatic rings. The number of hydrogen-bond acceptors (Lipinski definition) is 3. The molecule has 0 radical (unpaired) electrons. The van der Waals surface area contributed by atoms with Gasteiger partial charge in [-0.05, 0) is 11.6 Å². The largest absolute Gasteiger partial charge is 0.372 e. The average molecular weight is 204 g/mol. The van der Waals surface area contributed by atoms with Crippen molar-refractivity contribution in [3.63, 3.8) is 0 Å². The molecule has 2 rings (SSSR count). The molecule has 0 aromatic carbocycles. The fourth-order valence-corrected chi connectivity index (χ4v) is 2.77. The van der Waals surface area contributed by atoms with E-state index in [9.17, 15) is 0 Å². The van der Waals surface area contributed by atoms with E-state index in [1.807, 2.05) is 6.07 Å². The molecule has 0 fully saturated rings. The van der Waals surface area contributed by atoms with Gasteiger partial charge in [0.05, 0.1) is 17.0 Å². The van der Waals surface area contributed by atoms with E-state index in [4.69, 9.17) is 22.1 Å². The van der Waals surface area contributed by atoms with E-state index < -0.39 is 0 Å². The van der Waals surface area contributed by atoms with Crippen molar-refractivity contribution < 1.29 is 4.74 Å². The van der Waals surface area contributed by atoms with Crippen LogP contribution in [0.2, 0.25) is 4.34 Å². The Morgan fingerprint density at radius 2 is 2.58 bits per heavy atom. The van der Waals surface area contributed by atoms with Gasteiger partial charge in [-0.2, -0.15) is 0 Å². The molecule has 0 bridgehead atoms. The van der Waals surface area contributed by atoms with Crippen LogP contribution in [0.5, 0.6) is 0 Å². The Balaban J connectivity index is 2.36. The molecular weight excluding hydrogens is 194 g/mol. The molecule has 1 atom stereocenters. The number of ether oxygens (including phenoxy) is 1. The lowest BCUT2D eigenvalue weighted by atomic mass is 10.1. The highest BCUT2D eigenvalue weighted by atomic mass is 35.5. The molecule has 4 heteroatoms. The van der Waals surface area contributed by atoms with Gasteiger partial charge in [0.25, 0.3) is 0 Å². The molecule has 2 heterocycles. The molecule has 0 aliphatic carbocycles. The fourth-order valence-electron chi connectivity index (χ4n) is 1.46. The molecule has 66 valence electrons. The molecular formula is C8H10ClNOS. The normalized spacial score (nSPS) is 22.3. The standard InChI is InChI=1S/C8H10ClNOS/c9-8-3-5-6(4-10)11-2-1-7(5)12-8/h3,6H,1-2,4,10H2. The monoisotopic (exact) mass is 203 g/mol. The molecule has 0 saturated carbocycles. The third-order valence-electron chi connectivity index (χ3n) is 2.02. The number of halogens is 1. The van der Waals surface area contributed by atoms with Crippen molar-refractivity contribution in [1.29, 1.82) is 0 Å². The predicted molar refractivity (Wildman–Crippen MR) is 50.8 cm³/mol. The molecule has 12 heavy (non-hydrogen) atoms. The van der Waals surface area contributed by atoms with Crippen molar-refractivity contribution in [1.82, 2.24) is 0 Å². The summed E-state index contributed by atoms with van der Waals surface area (Å²) in [5, 5.41) is 0. The van der Waals surface area contributed by atoms with Gasteiger partial charge in [-0.1, -0.05) is 11.6 Å². The minimum absolute atomic E-state index is 0.0671. The summed E-state index contributed by atoms with van der Waals surface area (Å²) < 4.78 is 6.33. The van der Waals surface area contributed by atoms with Gasteiger partial charge in [0.1, 0.15) is 0 Å². The first-order valence-corrected chi connectivity index (χ1v) is 5.10. The Kier molecular flexibility index (Phi) is 2.37. The van der Waals surface area contributed by atoms with Crippen molar-refractivity contribution in [2.75, 3.05) is 13.2 Å². The van der Waals surface area contributed by atoms with Crippen LogP contribution in [0.3, 0.4) is 0 Å². The highest BCUT2D eigenvalue weighted by molar-refractivity contribution is 7.16. The van der Waals surface area contributed by atoms with Crippen LogP contribution in [0, 0.1) is 0 Å². The second-order valence-electron chi connectivity index (χ2n) is 2.77. The first-order chi connectivity index (χ1) is 5.81. The summed E-state index contributed by atoms with van der Waals surface area (Å²) >= 11 is 7.53. The Hall–Kier alpha value is -0.0900. The van der Waals surface area contributed by atoms with Gasteiger partial charge < -0.3 is 10.5 Å². The van der Waals surface area contributed by atoms with E-state index in [2.05, 4.69) is 0 Å². The molecule has 1 unspecified atom stereocenters. The Morgan fingerprint density at radius 1 is 1.75 bits per heavy atom. The van der Waals surface area contributed by atoms with E-state index in [-0.39, 0.29) is 6.10 Å². The van der Waals surface area contributed by atoms with Gasteiger partial charge in [-0.15, -0.1) is 11.3 Å². The second kappa shape index (κ2) is 3.34. The summed E-state index contributed by atoms with van der Waals surface area (Å²) in [5.74, 6) is 0. The number of nitrogens with two attached hydrogens (primary N) is 1. The van der Waals surface area contributed by atoms with Gasteiger partial charge >= 0.3 is 0 Å². The van der Waals surface area contributed by atoms with Crippen molar-refractivity contribution in [2.45, 2.75) is 12.5 Å². The summed E-state index contributed by atoms with van der Waals surface area (Å²) in [6.45, 7) is 1.31. The van der Waals surface area contributed by atoms with Gasteiger partial charge in [0.15, 0.2) is 0 Å². The SMILES string of the molecule is NCC1OCCc2sc(Cl)cc21. The highest BCUT2D eigenvalue weighted by Crippen LogP contribution is 2.35. The topological polar surface area (TPSA) is 35.2 Å². The summed E-state index contributed by atoms with van der Waals surface area (Å²) in [6.07, 6.45) is 1.04. The van der Waals surface area contributed by atoms with Gasteiger partial charge in [0.2, 0.25) is 0 Å². The van der Waals surface area contributed by atoms with E-state index >= 15 is 0 Å². The predicted octanol–water partition coefficient (Wildman–Crippen LogP) is 1.97. The maximum atomic E-state index is 5.90. The molecule has 1 aromatic rings. The van der Waals surface area contributed by atoms with Crippen LogP contribution in [0.25, 0.3) is 0 Å². The van der Waals surface area contributed by atoms with Crippen LogP contribution in [-0.2, 0) is 11.2 Å². The first-order valence-electron chi connectivity index (χ1n) is 3.91.